The van der Waals surface area contributed by atoms with E-state index in [9.17, 15) is 5.11 Å². The second-order valence-electron chi connectivity index (χ2n) is 5.33. The molecule has 0 heterocycles. The van der Waals surface area contributed by atoms with Gasteiger partial charge in [0.15, 0.2) is 0 Å². The van der Waals surface area contributed by atoms with Gasteiger partial charge in [0, 0.05) is 5.92 Å². The van der Waals surface area contributed by atoms with Gasteiger partial charge >= 0.3 is 0 Å². The molecule has 0 aromatic rings. The Hall–Kier alpha value is -0.0800. The summed E-state index contributed by atoms with van der Waals surface area (Å²) >= 11 is 0. The molecule has 2 fully saturated rings. The van der Waals surface area contributed by atoms with Crippen LogP contribution in [0.3, 0.4) is 0 Å². The molecular formula is C12H23NO. The summed E-state index contributed by atoms with van der Waals surface area (Å²) in [5, 5.41) is 10.3. The molecule has 2 saturated carbocycles. The van der Waals surface area contributed by atoms with Gasteiger partial charge < -0.3 is 10.8 Å². The Morgan fingerprint density at radius 1 is 1.00 bits per heavy atom. The summed E-state index contributed by atoms with van der Waals surface area (Å²) < 4.78 is 0. The summed E-state index contributed by atoms with van der Waals surface area (Å²) in [6, 6.07) is 0. The van der Waals surface area contributed by atoms with Gasteiger partial charge in [0.05, 0.1) is 0 Å². The molecular weight excluding hydrogens is 174 g/mol. The van der Waals surface area contributed by atoms with E-state index in [-0.39, 0.29) is 0 Å². The fourth-order valence-electron chi connectivity index (χ4n) is 3.27. The van der Waals surface area contributed by atoms with Crippen molar-refractivity contribution in [2.45, 2.75) is 63.5 Å². The minimum absolute atomic E-state index is 0.378. The molecule has 2 nitrogen and oxygen atoms in total. The third kappa shape index (κ3) is 2.29. The molecule has 82 valence electrons. The quantitative estimate of drug-likeness (QED) is 0.682. The first kappa shape index (κ1) is 10.4. The summed E-state index contributed by atoms with van der Waals surface area (Å²) in [7, 11) is 0. The zero-order valence-corrected chi connectivity index (χ0v) is 9.04. The lowest BCUT2D eigenvalue weighted by molar-refractivity contribution is -0.0311. The third-order valence-corrected chi connectivity index (χ3v) is 4.15. The minimum atomic E-state index is -0.856. The second kappa shape index (κ2) is 4.19. The summed E-state index contributed by atoms with van der Waals surface area (Å²) in [5.41, 5.74) is 5.20. The van der Waals surface area contributed by atoms with E-state index in [4.69, 9.17) is 5.73 Å². The zero-order valence-electron chi connectivity index (χ0n) is 9.04. The Bertz CT molecular complexity index is 179. The zero-order chi connectivity index (χ0) is 10.0. The van der Waals surface area contributed by atoms with Crippen LogP contribution < -0.4 is 5.73 Å². The number of hydrogen-bond acceptors (Lipinski definition) is 2. The van der Waals surface area contributed by atoms with E-state index in [0.717, 1.165) is 19.3 Å². The molecule has 2 rings (SSSR count). The monoisotopic (exact) mass is 197 g/mol. The van der Waals surface area contributed by atoms with Crippen LogP contribution in [0.25, 0.3) is 0 Å². The normalized spacial score (nSPS) is 29.6. The van der Waals surface area contributed by atoms with Crippen molar-refractivity contribution in [1.82, 2.24) is 0 Å². The highest BCUT2D eigenvalue weighted by atomic mass is 16.3. The second-order valence-corrected chi connectivity index (χ2v) is 5.33. The topological polar surface area (TPSA) is 46.2 Å². The van der Waals surface area contributed by atoms with Crippen LogP contribution in [0.1, 0.15) is 57.8 Å². The first-order valence-electron chi connectivity index (χ1n) is 6.20. The Morgan fingerprint density at radius 3 is 2.07 bits per heavy atom. The average molecular weight is 197 g/mol. The smallest absolute Gasteiger partial charge is 0.116 e. The number of aliphatic hydroxyl groups is 1. The molecule has 0 radical (unpaired) electrons. The van der Waals surface area contributed by atoms with Crippen molar-refractivity contribution in [3.63, 3.8) is 0 Å². The lowest BCUT2D eigenvalue weighted by Gasteiger charge is -2.32. The first-order valence-corrected chi connectivity index (χ1v) is 6.20. The number of hydrogen-bond donors (Lipinski definition) is 2. The van der Waals surface area contributed by atoms with Gasteiger partial charge in [-0.2, -0.15) is 0 Å². The molecule has 0 saturated heterocycles. The van der Waals surface area contributed by atoms with Gasteiger partial charge in [-0.25, -0.2) is 0 Å². The highest BCUT2D eigenvalue weighted by molar-refractivity contribution is 4.87. The summed E-state index contributed by atoms with van der Waals surface area (Å²) in [4.78, 5) is 0. The average Bonchev–Trinajstić information content (AvgIpc) is 2.71. The molecule has 0 aliphatic heterocycles. The Morgan fingerprint density at radius 2 is 1.50 bits per heavy atom. The molecule has 0 amide bonds. The SMILES string of the molecule is NC(O)(CC1CCCC1)C1CCCC1. The molecule has 2 heteroatoms. The molecule has 2 aliphatic carbocycles. The molecule has 3 N–H and O–H groups in total. The van der Waals surface area contributed by atoms with Gasteiger partial charge in [-0.15, -0.1) is 0 Å². The standard InChI is InChI=1S/C12H23NO/c13-12(14,11-7-3-4-8-11)9-10-5-1-2-6-10/h10-11,14H,1-9,13H2. The van der Waals surface area contributed by atoms with E-state index in [0.29, 0.717) is 11.8 Å². The Labute approximate surface area is 86.9 Å². The molecule has 0 aromatic carbocycles. The van der Waals surface area contributed by atoms with Gasteiger partial charge in [-0.05, 0) is 25.2 Å². The lowest BCUT2D eigenvalue weighted by Crippen LogP contribution is -2.47. The van der Waals surface area contributed by atoms with Crippen molar-refractivity contribution in [2.24, 2.45) is 17.6 Å². The van der Waals surface area contributed by atoms with Crippen molar-refractivity contribution in [1.29, 1.82) is 0 Å². The number of nitrogens with two attached hydrogens (primary N) is 1. The molecule has 0 aromatic heterocycles. The van der Waals surface area contributed by atoms with Crippen LogP contribution in [0, 0.1) is 11.8 Å². The maximum atomic E-state index is 10.3. The van der Waals surface area contributed by atoms with Crippen molar-refractivity contribution in [3.8, 4) is 0 Å². The van der Waals surface area contributed by atoms with Crippen LogP contribution in [-0.2, 0) is 0 Å². The fourth-order valence-corrected chi connectivity index (χ4v) is 3.27. The third-order valence-electron chi connectivity index (χ3n) is 4.15. The van der Waals surface area contributed by atoms with E-state index in [2.05, 4.69) is 0 Å². The highest BCUT2D eigenvalue weighted by Crippen LogP contribution is 2.38. The van der Waals surface area contributed by atoms with Crippen LogP contribution in [0.5, 0.6) is 0 Å². The van der Waals surface area contributed by atoms with Crippen LogP contribution in [0.2, 0.25) is 0 Å². The predicted molar refractivity (Wildman–Crippen MR) is 57.7 cm³/mol. The summed E-state index contributed by atoms with van der Waals surface area (Å²) in [5.74, 6) is 1.08. The minimum Gasteiger partial charge on any atom is -0.376 e. The predicted octanol–water partition coefficient (Wildman–Crippen LogP) is 2.40. The lowest BCUT2D eigenvalue weighted by atomic mass is 9.86. The van der Waals surface area contributed by atoms with E-state index in [1.54, 1.807) is 0 Å². The maximum Gasteiger partial charge on any atom is 0.116 e. The van der Waals surface area contributed by atoms with E-state index in [1.165, 1.54) is 38.5 Å². The van der Waals surface area contributed by atoms with Crippen molar-refractivity contribution in [3.05, 3.63) is 0 Å². The van der Waals surface area contributed by atoms with E-state index >= 15 is 0 Å². The van der Waals surface area contributed by atoms with Gasteiger partial charge in [0.1, 0.15) is 5.72 Å². The van der Waals surface area contributed by atoms with E-state index < -0.39 is 5.72 Å². The largest absolute Gasteiger partial charge is 0.376 e. The molecule has 2 aliphatic rings. The molecule has 0 spiro atoms. The molecule has 0 bridgehead atoms. The van der Waals surface area contributed by atoms with Gasteiger partial charge in [0.25, 0.3) is 0 Å². The van der Waals surface area contributed by atoms with Crippen LogP contribution >= 0.6 is 0 Å². The van der Waals surface area contributed by atoms with Gasteiger partial charge in [-0.3, -0.25) is 0 Å². The van der Waals surface area contributed by atoms with Crippen LogP contribution in [0.4, 0.5) is 0 Å². The number of rotatable bonds is 3. The first-order chi connectivity index (χ1) is 6.68. The Kier molecular flexibility index (Phi) is 3.13. The summed E-state index contributed by atoms with van der Waals surface area (Å²) in [6.45, 7) is 0. The molecule has 14 heavy (non-hydrogen) atoms. The van der Waals surface area contributed by atoms with Crippen molar-refractivity contribution >= 4 is 0 Å². The molecule has 1 unspecified atom stereocenters. The van der Waals surface area contributed by atoms with Gasteiger partial charge in [-0.1, -0.05) is 38.5 Å². The van der Waals surface area contributed by atoms with Crippen LogP contribution in [-0.4, -0.2) is 10.8 Å². The van der Waals surface area contributed by atoms with E-state index in [1.807, 2.05) is 0 Å². The molecule has 1 atom stereocenters. The fraction of sp³-hybridized carbons (Fsp3) is 1.00. The summed E-state index contributed by atoms with van der Waals surface area (Å²) in [6.07, 6.45) is 10.9. The highest BCUT2D eigenvalue weighted by Gasteiger charge is 2.37. The Balaban J connectivity index is 1.86. The van der Waals surface area contributed by atoms with Crippen molar-refractivity contribution in [2.75, 3.05) is 0 Å². The van der Waals surface area contributed by atoms with Crippen LogP contribution in [0.15, 0.2) is 0 Å². The van der Waals surface area contributed by atoms with Gasteiger partial charge in [0.2, 0.25) is 0 Å². The van der Waals surface area contributed by atoms with Crippen molar-refractivity contribution < 1.29 is 5.11 Å². The maximum absolute atomic E-state index is 10.3.